The van der Waals surface area contributed by atoms with Crippen LogP contribution in [0, 0.1) is 5.92 Å². The van der Waals surface area contributed by atoms with Crippen molar-refractivity contribution in [3.63, 3.8) is 0 Å². The topological polar surface area (TPSA) is 47.3 Å². The molecule has 0 bridgehead atoms. The first kappa shape index (κ1) is 12.1. The molecule has 4 heteroatoms. The van der Waals surface area contributed by atoms with E-state index in [0.29, 0.717) is 6.61 Å². The highest BCUT2D eigenvalue weighted by atomic mass is 16.5. The summed E-state index contributed by atoms with van der Waals surface area (Å²) in [5.41, 5.74) is 3.12. The van der Waals surface area contributed by atoms with Crippen LogP contribution in [-0.4, -0.2) is 33.0 Å². The Morgan fingerprint density at radius 3 is 2.90 bits per heavy atom. The van der Waals surface area contributed by atoms with Crippen LogP contribution in [-0.2, 0) is 4.74 Å². The molecule has 1 N–H and O–H groups in total. The summed E-state index contributed by atoms with van der Waals surface area (Å²) in [7, 11) is 0. The molecule has 1 saturated heterocycles. The van der Waals surface area contributed by atoms with E-state index in [0.717, 1.165) is 5.69 Å². The van der Waals surface area contributed by atoms with Gasteiger partial charge in [-0.2, -0.15) is 0 Å². The second kappa shape index (κ2) is 3.93. The molecule has 3 atom stereocenters. The van der Waals surface area contributed by atoms with Gasteiger partial charge in [-0.15, -0.1) is 0 Å². The lowest BCUT2D eigenvalue weighted by Crippen LogP contribution is -2.38. The number of hydrogen-bond donors (Lipinski definition) is 1. The summed E-state index contributed by atoms with van der Waals surface area (Å²) in [5, 5.41) is 10.6. The Kier molecular flexibility index (Phi) is 2.38. The van der Waals surface area contributed by atoms with Gasteiger partial charge in [-0.05, 0) is 19.4 Å². The van der Waals surface area contributed by atoms with Gasteiger partial charge >= 0.3 is 0 Å². The maximum Gasteiger partial charge on any atom is 0.0956 e. The van der Waals surface area contributed by atoms with Crippen molar-refractivity contribution >= 4 is 0 Å². The lowest BCUT2D eigenvalue weighted by Gasteiger charge is -2.28. The summed E-state index contributed by atoms with van der Waals surface area (Å²) in [4.78, 5) is 4.27. The van der Waals surface area contributed by atoms with Crippen LogP contribution in [0.4, 0.5) is 0 Å². The Labute approximate surface area is 118 Å². The fourth-order valence-corrected chi connectivity index (χ4v) is 3.58. The first-order valence-electron chi connectivity index (χ1n) is 7.03. The average Bonchev–Trinajstić information content (AvgIpc) is 3.07. The van der Waals surface area contributed by atoms with Crippen LogP contribution in [0.3, 0.4) is 0 Å². The third kappa shape index (κ3) is 1.46. The van der Waals surface area contributed by atoms with E-state index in [9.17, 15) is 5.11 Å². The molecule has 1 unspecified atom stereocenters. The maximum atomic E-state index is 10.6. The molecular formula is C16H18N2O2. The number of hydrogen-bond acceptors (Lipinski definition) is 3. The molecule has 0 radical (unpaired) electrons. The van der Waals surface area contributed by atoms with Crippen molar-refractivity contribution < 1.29 is 9.84 Å². The van der Waals surface area contributed by atoms with Gasteiger partial charge in [0.1, 0.15) is 0 Å². The number of aromatic nitrogens is 2. The van der Waals surface area contributed by atoms with E-state index in [1.54, 1.807) is 0 Å². The number of ether oxygens (including phenoxy) is 1. The third-order valence-electron chi connectivity index (χ3n) is 4.69. The van der Waals surface area contributed by atoms with E-state index in [2.05, 4.69) is 27.8 Å². The zero-order chi connectivity index (χ0) is 13.9. The van der Waals surface area contributed by atoms with Gasteiger partial charge in [0, 0.05) is 11.5 Å². The standard InChI is InChI=1S/C16H18N2O2/c1-16(2)15(19)12(8-20-16)14-11-6-4-3-5-10(11)13-7-17-9-18(13)14/h3-7,9,12,14-15,19H,8H2,1-2H3/t12-,14-,15?/m1/s1. The summed E-state index contributed by atoms with van der Waals surface area (Å²) >= 11 is 0. The molecule has 1 aromatic carbocycles. The van der Waals surface area contributed by atoms with Gasteiger partial charge in [0.05, 0.1) is 42.6 Å². The monoisotopic (exact) mass is 270 g/mol. The molecule has 1 fully saturated rings. The molecule has 2 aliphatic heterocycles. The smallest absolute Gasteiger partial charge is 0.0956 e. The number of nitrogens with zero attached hydrogens (tertiary/aromatic N) is 2. The molecule has 0 aliphatic carbocycles. The van der Waals surface area contributed by atoms with Gasteiger partial charge in [-0.25, -0.2) is 4.98 Å². The number of fused-ring (bicyclic) bond motifs is 3. The summed E-state index contributed by atoms with van der Waals surface area (Å²) in [6, 6.07) is 8.48. The minimum absolute atomic E-state index is 0.0570. The number of imidazole rings is 1. The molecular weight excluding hydrogens is 252 g/mol. The summed E-state index contributed by atoms with van der Waals surface area (Å²) in [6.07, 6.45) is 3.28. The third-order valence-corrected chi connectivity index (χ3v) is 4.69. The highest BCUT2D eigenvalue weighted by Gasteiger charge is 2.48. The SMILES string of the molecule is CC1(C)OC[C@H]([C@H]2c3ccccc3-c3cncn32)C1O. The van der Waals surface area contributed by atoms with Gasteiger partial charge < -0.3 is 14.4 Å². The molecule has 0 spiro atoms. The van der Waals surface area contributed by atoms with Crippen LogP contribution in [0.25, 0.3) is 11.3 Å². The lowest BCUT2D eigenvalue weighted by atomic mass is 9.85. The first-order chi connectivity index (χ1) is 9.59. The quantitative estimate of drug-likeness (QED) is 0.864. The van der Waals surface area contributed by atoms with Crippen molar-refractivity contribution in [2.24, 2.45) is 5.92 Å². The van der Waals surface area contributed by atoms with E-state index in [-0.39, 0.29) is 12.0 Å². The molecule has 0 amide bonds. The normalized spacial score (nSPS) is 30.2. The summed E-state index contributed by atoms with van der Waals surface area (Å²) in [6.45, 7) is 4.48. The van der Waals surface area contributed by atoms with E-state index >= 15 is 0 Å². The Bertz CT molecular complexity index is 662. The number of rotatable bonds is 1. The van der Waals surface area contributed by atoms with Gasteiger partial charge in [0.15, 0.2) is 0 Å². The zero-order valence-corrected chi connectivity index (χ0v) is 11.7. The molecule has 4 nitrogen and oxygen atoms in total. The van der Waals surface area contributed by atoms with Crippen molar-refractivity contribution in [2.75, 3.05) is 6.61 Å². The van der Waals surface area contributed by atoms with Crippen LogP contribution in [0.5, 0.6) is 0 Å². The van der Waals surface area contributed by atoms with Gasteiger partial charge in [-0.1, -0.05) is 24.3 Å². The summed E-state index contributed by atoms with van der Waals surface area (Å²) in [5.74, 6) is 0.0570. The highest BCUT2D eigenvalue weighted by Crippen LogP contribution is 2.47. The van der Waals surface area contributed by atoms with E-state index in [1.807, 2.05) is 32.4 Å². The zero-order valence-electron chi connectivity index (χ0n) is 11.7. The molecule has 104 valence electrons. The number of aliphatic hydroxyl groups is 1. The second-order valence-corrected chi connectivity index (χ2v) is 6.24. The van der Waals surface area contributed by atoms with Gasteiger partial charge in [-0.3, -0.25) is 0 Å². The van der Waals surface area contributed by atoms with Crippen LogP contribution in [0.2, 0.25) is 0 Å². The van der Waals surface area contributed by atoms with Crippen LogP contribution < -0.4 is 0 Å². The van der Waals surface area contributed by atoms with Crippen molar-refractivity contribution in [3.8, 4) is 11.3 Å². The predicted octanol–water partition coefficient (Wildman–Crippen LogP) is 2.24. The predicted molar refractivity (Wildman–Crippen MR) is 75.3 cm³/mol. The van der Waals surface area contributed by atoms with Crippen molar-refractivity contribution in [2.45, 2.75) is 31.6 Å². The molecule has 2 aromatic rings. The van der Waals surface area contributed by atoms with Gasteiger partial charge in [0.25, 0.3) is 0 Å². The second-order valence-electron chi connectivity index (χ2n) is 6.24. The van der Waals surface area contributed by atoms with Crippen LogP contribution in [0.1, 0.15) is 25.5 Å². The van der Waals surface area contributed by atoms with E-state index < -0.39 is 11.7 Å². The lowest BCUT2D eigenvalue weighted by molar-refractivity contribution is -0.0321. The Balaban J connectivity index is 1.84. The Morgan fingerprint density at radius 2 is 2.15 bits per heavy atom. The van der Waals surface area contributed by atoms with E-state index in [4.69, 9.17) is 4.74 Å². The van der Waals surface area contributed by atoms with Gasteiger partial charge in [0.2, 0.25) is 0 Å². The highest BCUT2D eigenvalue weighted by molar-refractivity contribution is 5.69. The minimum Gasteiger partial charge on any atom is -0.390 e. The number of benzene rings is 1. The van der Waals surface area contributed by atoms with Crippen LogP contribution >= 0.6 is 0 Å². The van der Waals surface area contributed by atoms with E-state index in [1.165, 1.54) is 11.1 Å². The fourth-order valence-electron chi connectivity index (χ4n) is 3.58. The molecule has 4 rings (SSSR count). The fraction of sp³-hybridized carbons (Fsp3) is 0.438. The Morgan fingerprint density at radius 1 is 1.35 bits per heavy atom. The minimum atomic E-state index is -0.483. The van der Waals surface area contributed by atoms with Crippen molar-refractivity contribution in [3.05, 3.63) is 42.4 Å². The average molecular weight is 270 g/mol. The largest absolute Gasteiger partial charge is 0.390 e. The molecule has 20 heavy (non-hydrogen) atoms. The molecule has 1 aromatic heterocycles. The van der Waals surface area contributed by atoms with Crippen molar-refractivity contribution in [1.29, 1.82) is 0 Å². The van der Waals surface area contributed by atoms with Crippen molar-refractivity contribution in [1.82, 2.24) is 9.55 Å². The first-order valence-corrected chi connectivity index (χ1v) is 7.03. The molecule has 2 aliphatic rings. The molecule has 0 saturated carbocycles. The number of aliphatic hydroxyl groups excluding tert-OH is 1. The summed E-state index contributed by atoms with van der Waals surface area (Å²) < 4.78 is 7.97. The van der Waals surface area contributed by atoms with Crippen LogP contribution in [0.15, 0.2) is 36.8 Å². The Hall–Kier alpha value is -1.65. The molecule has 3 heterocycles. The maximum absolute atomic E-state index is 10.6.